The quantitative estimate of drug-likeness (QED) is 0.298. The second kappa shape index (κ2) is 14.7. The third kappa shape index (κ3) is 18.1. The molecule has 0 rings (SSSR count). The van der Waals surface area contributed by atoms with Crippen LogP contribution in [0.3, 0.4) is 0 Å². The lowest BCUT2D eigenvalue weighted by Gasteiger charge is -2.42. The van der Waals surface area contributed by atoms with Crippen molar-refractivity contribution in [2.24, 2.45) is 0 Å². The van der Waals surface area contributed by atoms with E-state index in [9.17, 15) is 0 Å². The molecule has 0 aliphatic carbocycles. The van der Waals surface area contributed by atoms with Gasteiger partial charge in [-0.15, -0.1) is 0 Å². The van der Waals surface area contributed by atoms with Gasteiger partial charge < -0.3 is 12.3 Å². The lowest BCUT2D eigenvalue weighted by atomic mass is 10.4. The second-order valence-corrected chi connectivity index (χ2v) is 25.1. The van der Waals surface area contributed by atoms with Gasteiger partial charge in [0.2, 0.25) is 0 Å². The fourth-order valence-electron chi connectivity index (χ4n) is 2.95. The minimum absolute atomic E-state index is 0. The molecule has 0 aliphatic rings. The van der Waals surface area contributed by atoms with Crippen molar-refractivity contribution >= 4 is 33.8 Å². The van der Waals surface area contributed by atoms with Gasteiger partial charge in [0.1, 0.15) is 0 Å². The van der Waals surface area contributed by atoms with Crippen LogP contribution < -0.4 is 0 Å². The van der Waals surface area contributed by atoms with Crippen molar-refractivity contribution in [3.05, 3.63) is 0 Å². The molecule has 7 heteroatoms. The molecule has 26 heavy (non-hydrogen) atoms. The van der Waals surface area contributed by atoms with E-state index in [1.165, 1.54) is 12.8 Å². The van der Waals surface area contributed by atoms with Gasteiger partial charge in [-0.25, -0.2) is 0 Å². The Morgan fingerprint density at radius 1 is 0.500 bits per heavy atom. The molecule has 0 heterocycles. The van der Waals surface area contributed by atoms with Crippen molar-refractivity contribution in [3.63, 3.8) is 0 Å². The van der Waals surface area contributed by atoms with Crippen molar-refractivity contribution in [3.8, 4) is 0 Å². The Morgan fingerprint density at radius 2 is 0.846 bits per heavy atom. The molecule has 166 valence electrons. The van der Waals surface area contributed by atoms with Gasteiger partial charge in [-0.05, 0) is 64.5 Å². The molecule has 2 atom stereocenters. The summed E-state index contributed by atoms with van der Waals surface area (Å²) in [6, 6.07) is 2.16. The largest absolute Gasteiger partial charge is 0.437 e. The molecule has 0 aromatic carbocycles. The van der Waals surface area contributed by atoms with E-state index >= 15 is 0 Å². The van der Waals surface area contributed by atoms with Crippen LogP contribution in [-0.4, -0.2) is 33.8 Å². The highest BCUT2D eigenvalue weighted by molar-refractivity contribution is 6.89. The summed E-state index contributed by atoms with van der Waals surface area (Å²) in [5, 5.41) is 0. The maximum atomic E-state index is 6.82. The highest BCUT2D eigenvalue weighted by Crippen LogP contribution is 2.30. The molecular formula is C19H56O3Si4. The molecule has 0 bridgehead atoms. The second-order valence-electron chi connectivity index (χ2n) is 8.65. The fraction of sp³-hybridized carbons (Fsp3) is 1.00. The molecule has 0 N–H and O–H groups in total. The Kier molecular flexibility index (Phi) is 21.2. The third-order valence-electron chi connectivity index (χ3n) is 3.16. The first-order valence-corrected chi connectivity index (χ1v) is 20.7. The molecule has 0 aliphatic heterocycles. The summed E-state index contributed by atoms with van der Waals surface area (Å²) in [6.07, 6.45) is 3.51. The molecule has 0 aromatic rings. The molecule has 3 nitrogen and oxygen atoms in total. The highest BCUT2D eigenvalue weighted by atomic mass is 28.5. The van der Waals surface area contributed by atoms with Crippen LogP contribution >= 0.6 is 0 Å². The van der Waals surface area contributed by atoms with Crippen LogP contribution in [0.2, 0.25) is 64.5 Å². The van der Waals surface area contributed by atoms with E-state index in [1.807, 2.05) is 0 Å². The lowest BCUT2D eigenvalue weighted by Crippen LogP contribution is -2.58. The third-order valence-corrected chi connectivity index (χ3v) is 17.6. The van der Waals surface area contributed by atoms with Crippen LogP contribution in [-0.2, 0) is 12.3 Å². The Balaban J connectivity index is -0.000000367. The van der Waals surface area contributed by atoms with Gasteiger partial charge in [0.25, 0.3) is 0 Å². The van der Waals surface area contributed by atoms with E-state index in [2.05, 4.69) is 66.2 Å². The molecule has 0 aromatic heterocycles. The summed E-state index contributed by atoms with van der Waals surface area (Å²) < 4.78 is 20.0. The summed E-state index contributed by atoms with van der Waals surface area (Å²) in [7, 11) is -7.52. The lowest BCUT2D eigenvalue weighted by molar-refractivity contribution is 0.315. The Hall–Kier alpha value is 0.748. The summed E-state index contributed by atoms with van der Waals surface area (Å²) in [5.74, 6) is 0. The number of hydrogen-bond acceptors (Lipinski definition) is 3. The first-order valence-electron chi connectivity index (χ1n) is 8.85. The van der Waals surface area contributed by atoms with E-state index in [0.29, 0.717) is 0 Å². The Morgan fingerprint density at radius 3 is 1.12 bits per heavy atom. The van der Waals surface area contributed by atoms with Gasteiger partial charge in [0.15, 0.2) is 16.6 Å². The molecule has 0 fully saturated rings. The smallest absolute Gasteiger partial charge is 0.315 e. The maximum absolute atomic E-state index is 6.82. The van der Waals surface area contributed by atoms with Crippen LogP contribution in [0.5, 0.6) is 0 Å². The summed E-state index contributed by atoms with van der Waals surface area (Å²) >= 11 is 0. The van der Waals surface area contributed by atoms with Crippen molar-refractivity contribution in [2.45, 2.75) is 127 Å². The molecule has 0 spiro atoms. The zero-order valence-corrected chi connectivity index (χ0v) is 20.8. The van der Waals surface area contributed by atoms with Crippen LogP contribution in [0.1, 0.15) is 62.8 Å². The van der Waals surface area contributed by atoms with E-state index in [0.717, 1.165) is 18.5 Å². The van der Waals surface area contributed by atoms with Crippen LogP contribution in [0.15, 0.2) is 0 Å². The standard InChI is InChI=1S/C15H40O3Si4.4CH4/c1-11-13-15-22(10,17-20(6,7)8)18-21(9,14-12-2)16-19(3,4)5;;;;/h11-15H2,1-10H3;4*1H4. The van der Waals surface area contributed by atoms with Crippen molar-refractivity contribution in [1.29, 1.82) is 0 Å². The topological polar surface area (TPSA) is 27.7 Å². The zero-order valence-electron chi connectivity index (χ0n) is 16.8. The molecule has 0 saturated carbocycles. The first-order chi connectivity index (χ1) is 9.74. The number of hydrogen-bond donors (Lipinski definition) is 0. The molecule has 0 saturated heterocycles. The first kappa shape index (κ1) is 37.5. The minimum atomic E-state index is -2.16. The zero-order chi connectivity index (χ0) is 17.7. The Labute approximate surface area is 173 Å². The van der Waals surface area contributed by atoms with Gasteiger partial charge in [-0.2, -0.15) is 0 Å². The van der Waals surface area contributed by atoms with Gasteiger partial charge in [0.05, 0.1) is 0 Å². The van der Waals surface area contributed by atoms with Crippen LogP contribution in [0.25, 0.3) is 0 Å². The van der Waals surface area contributed by atoms with Crippen molar-refractivity contribution < 1.29 is 12.3 Å². The average molecular weight is 445 g/mol. The highest BCUT2D eigenvalue weighted by Gasteiger charge is 2.46. The van der Waals surface area contributed by atoms with E-state index in [1.54, 1.807) is 0 Å². The Bertz CT molecular complexity index is 330. The average Bonchev–Trinajstić information content (AvgIpc) is 2.20. The minimum Gasteiger partial charge on any atom is -0.437 e. The van der Waals surface area contributed by atoms with Gasteiger partial charge in [0, 0.05) is 0 Å². The maximum Gasteiger partial charge on any atom is 0.315 e. The van der Waals surface area contributed by atoms with Gasteiger partial charge in [-0.1, -0.05) is 62.8 Å². The van der Waals surface area contributed by atoms with E-state index < -0.39 is 33.8 Å². The van der Waals surface area contributed by atoms with E-state index in [4.69, 9.17) is 12.3 Å². The normalized spacial score (nSPS) is 15.9. The molecule has 0 amide bonds. The van der Waals surface area contributed by atoms with Gasteiger partial charge >= 0.3 is 17.1 Å². The van der Waals surface area contributed by atoms with Crippen molar-refractivity contribution in [2.75, 3.05) is 0 Å². The summed E-state index contributed by atoms with van der Waals surface area (Å²) in [4.78, 5) is 0. The van der Waals surface area contributed by atoms with Crippen molar-refractivity contribution in [1.82, 2.24) is 0 Å². The SMILES string of the molecule is C.C.C.C.CCCC[Si](C)(O[Si](C)(C)C)O[Si](C)(CCC)O[Si](C)(C)C. The fourth-order valence-corrected chi connectivity index (χ4v) is 21.6. The predicted molar refractivity (Wildman–Crippen MR) is 135 cm³/mol. The summed E-state index contributed by atoms with van der Waals surface area (Å²) in [6.45, 7) is 22.6. The molecular weight excluding hydrogens is 389 g/mol. The monoisotopic (exact) mass is 444 g/mol. The number of rotatable bonds is 11. The van der Waals surface area contributed by atoms with E-state index in [-0.39, 0.29) is 29.7 Å². The summed E-state index contributed by atoms with van der Waals surface area (Å²) in [5.41, 5.74) is 0. The van der Waals surface area contributed by atoms with Crippen LogP contribution in [0, 0.1) is 0 Å². The molecule has 2 unspecified atom stereocenters. The molecule has 0 radical (unpaired) electrons. The van der Waals surface area contributed by atoms with Crippen LogP contribution in [0.4, 0.5) is 0 Å². The predicted octanol–water partition coefficient (Wildman–Crippen LogP) is 8.60. The number of unbranched alkanes of at least 4 members (excludes halogenated alkanes) is 1. The van der Waals surface area contributed by atoms with Gasteiger partial charge in [-0.3, -0.25) is 0 Å².